The largest absolute Gasteiger partial charge is 0.497 e. The molecular weight excluding hydrogens is 478 g/mol. The Morgan fingerprint density at radius 3 is 1.89 bits per heavy atom. The third-order valence-corrected chi connectivity index (χ3v) is 6.20. The molecule has 0 aliphatic carbocycles. The van der Waals surface area contributed by atoms with Crippen LogP contribution >= 0.6 is 0 Å². The number of rotatable bonds is 9. The van der Waals surface area contributed by atoms with Gasteiger partial charge in [0, 0.05) is 19.0 Å². The summed E-state index contributed by atoms with van der Waals surface area (Å²) in [5.41, 5.74) is -1.01. The summed E-state index contributed by atoms with van der Waals surface area (Å²) in [6.07, 6.45) is 0.0396. The van der Waals surface area contributed by atoms with E-state index in [9.17, 15) is 19.2 Å². The van der Waals surface area contributed by atoms with Gasteiger partial charge in [0.2, 0.25) is 5.91 Å². The van der Waals surface area contributed by atoms with E-state index in [1.165, 1.54) is 14.0 Å². The summed E-state index contributed by atoms with van der Waals surface area (Å²) in [6.45, 7) is 4.29. The third kappa shape index (κ3) is 4.94. The van der Waals surface area contributed by atoms with E-state index in [0.717, 1.165) is 4.90 Å². The number of benzene rings is 2. The van der Waals surface area contributed by atoms with E-state index in [1.807, 2.05) is 0 Å². The maximum atomic E-state index is 13.8. The van der Waals surface area contributed by atoms with Gasteiger partial charge in [-0.1, -0.05) is 42.5 Å². The number of hydrogen-bond donors (Lipinski definition) is 0. The molecule has 1 aliphatic rings. The van der Waals surface area contributed by atoms with Gasteiger partial charge in [-0.3, -0.25) is 9.69 Å². The molecule has 1 aliphatic heterocycles. The lowest BCUT2D eigenvalue weighted by molar-refractivity contribution is -0.176. The van der Waals surface area contributed by atoms with E-state index in [4.69, 9.17) is 18.9 Å². The number of hydrogen-bond acceptors (Lipinski definition) is 8. The lowest BCUT2D eigenvalue weighted by Gasteiger charge is -2.38. The van der Waals surface area contributed by atoms with Crippen LogP contribution in [0.2, 0.25) is 0 Å². The molecular formula is C28H31NO8. The van der Waals surface area contributed by atoms with Crippen molar-refractivity contribution >= 4 is 23.8 Å². The summed E-state index contributed by atoms with van der Waals surface area (Å²) in [6, 6.07) is 15.5. The summed E-state index contributed by atoms with van der Waals surface area (Å²) in [7, 11) is 2.74. The molecule has 1 amide bonds. The first kappa shape index (κ1) is 27.4. The number of allylic oxidation sites excluding steroid dienone is 1. The second kappa shape index (κ2) is 11.7. The number of esters is 3. The van der Waals surface area contributed by atoms with Gasteiger partial charge in [-0.15, -0.1) is 0 Å². The van der Waals surface area contributed by atoms with E-state index in [2.05, 4.69) is 0 Å². The Balaban J connectivity index is 2.41. The van der Waals surface area contributed by atoms with Gasteiger partial charge >= 0.3 is 17.9 Å². The fraction of sp³-hybridized carbons (Fsp3) is 0.357. The zero-order valence-electron chi connectivity index (χ0n) is 21.6. The van der Waals surface area contributed by atoms with Crippen LogP contribution in [0, 0.1) is 0 Å². The molecule has 3 rings (SSSR count). The van der Waals surface area contributed by atoms with Crippen LogP contribution in [0.1, 0.15) is 37.8 Å². The molecule has 9 nitrogen and oxygen atoms in total. The molecule has 2 aromatic carbocycles. The summed E-state index contributed by atoms with van der Waals surface area (Å²) >= 11 is 0. The van der Waals surface area contributed by atoms with Crippen molar-refractivity contribution in [3.05, 3.63) is 77.0 Å². The third-order valence-electron chi connectivity index (χ3n) is 6.20. The zero-order valence-corrected chi connectivity index (χ0v) is 21.6. The summed E-state index contributed by atoms with van der Waals surface area (Å²) in [4.78, 5) is 55.4. The van der Waals surface area contributed by atoms with Gasteiger partial charge < -0.3 is 18.9 Å². The van der Waals surface area contributed by atoms with Crippen LogP contribution in [0.3, 0.4) is 0 Å². The van der Waals surface area contributed by atoms with Crippen molar-refractivity contribution in [2.24, 2.45) is 0 Å². The second-order valence-electron chi connectivity index (χ2n) is 8.28. The first-order valence-electron chi connectivity index (χ1n) is 11.9. The average Bonchev–Trinajstić information content (AvgIpc) is 3.21. The van der Waals surface area contributed by atoms with Gasteiger partial charge in [-0.2, -0.15) is 0 Å². The maximum Gasteiger partial charge on any atom is 0.345 e. The zero-order chi connectivity index (χ0) is 27.2. The van der Waals surface area contributed by atoms with Crippen molar-refractivity contribution < 1.29 is 38.1 Å². The summed E-state index contributed by atoms with van der Waals surface area (Å²) in [5, 5.41) is 0. The fourth-order valence-electron chi connectivity index (χ4n) is 4.77. The van der Waals surface area contributed by atoms with Gasteiger partial charge in [-0.05, 0) is 37.1 Å². The maximum absolute atomic E-state index is 13.8. The van der Waals surface area contributed by atoms with Gasteiger partial charge in [0.1, 0.15) is 5.75 Å². The number of carbonyl (C=O) groups excluding carboxylic acids is 4. The summed E-state index contributed by atoms with van der Waals surface area (Å²) < 4.78 is 21.1. The Morgan fingerprint density at radius 1 is 0.865 bits per heavy atom. The quantitative estimate of drug-likeness (QED) is 0.288. The number of carbonyl (C=O) groups is 4. The molecule has 0 N–H and O–H groups in total. The smallest absolute Gasteiger partial charge is 0.345 e. The van der Waals surface area contributed by atoms with Crippen molar-refractivity contribution in [3.63, 3.8) is 0 Å². The van der Waals surface area contributed by atoms with Crippen molar-refractivity contribution in [1.82, 2.24) is 4.90 Å². The van der Waals surface area contributed by atoms with Gasteiger partial charge in [-0.25, -0.2) is 14.4 Å². The van der Waals surface area contributed by atoms with Crippen LogP contribution in [-0.2, 0) is 39.8 Å². The van der Waals surface area contributed by atoms with Gasteiger partial charge in [0.25, 0.3) is 5.54 Å². The minimum atomic E-state index is -2.31. The van der Waals surface area contributed by atoms with Crippen LogP contribution < -0.4 is 4.74 Å². The SMILES string of the molecule is CCOC(=O)C1(C(=O)OCC)C(c2ccccc2)C(C(=O)OC)=C(Cc2ccc(OC)cc2)N1C(C)=O. The van der Waals surface area contributed by atoms with E-state index in [0.29, 0.717) is 16.9 Å². The van der Waals surface area contributed by atoms with Gasteiger partial charge in [0.15, 0.2) is 0 Å². The monoisotopic (exact) mass is 509 g/mol. The number of nitrogens with zero attached hydrogens (tertiary/aromatic N) is 1. The highest BCUT2D eigenvalue weighted by Crippen LogP contribution is 2.51. The predicted octanol–water partition coefficient (Wildman–Crippen LogP) is 3.18. The predicted molar refractivity (Wildman–Crippen MR) is 133 cm³/mol. The minimum absolute atomic E-state index is 0.000763. The van der Waals surface area contributed by atoms with Crippen LogP contribution in [0.5, 0.6) is 5.75 Å². The van der Waals surface area contributed by atoms with Crippen molar-refractivity contribution in [3.8, 4) is 5.75 Å². The highest BCUT2D eigenvalue weighted by atomic mass is 16.6. The van der Waals surface area contributed by atoms with E-state index in [1.54, 1.807) is 75.6 Å². The molecule has 0 radical (unpaired) electrons. The standard InChI is InChI=1S/C28H31NO8/c1-6-36-26(32)28(27(33)37-7-2)24(20-11-9-8-10-12-20)23(25(31)35-5)22(29(28)18(3)30)17-19-13-15-21(34-4)16-14-19/h8-16,24H,6-7,17H2,1-5H3. The van der Waals surface area contributed by atoms with Crippen LogP contribution in [0.15, 0.2) is 65.9 Å². The Hall–Kier alpha value is -4.14. The number of ether oxygens (including phenoxy) is 4. The first-order chi connectivity index (χ1) is 17.8. The number of methoxy groups -OCH3 is 2. The molecule has 1 atom stereocenters. The first-order valence-corrected chi connectivity index (χ1v) is 11.9. The fourth-order valence-corrected chi connectivity index (χ4v) is 4.77. The molecule has 0 saturated carbocycles. The molecule has 9 heteroatoms. The lowest BCUT2D eigenvalue weighted by atomic mass is 9.76. The Labute approximate surface area is 215 Å². The molecule has 1 heterocycles. The summed E-state index contributed by atoms with van der Waals surface area (Å²) in [5.74, 6) is -4.03. The Bertz CT molecular complexity index is 1170. The molecule has 0 spiro atoms. The Morgan fingerprint density at radius 2 is 1.43 bits per heavy atom. The number of amides is 1. The molecule has 196 valence electrons. The normalized spacial score (nSPS) is 16.2. The second-order valence-corrected chi connectivity index (χ2v) is 8.28. The van der Waals surface area contributed by atoms with E-state index in [-0.39, 0.29) is 30.9 Å². The van der Waals surface area contributed by atoms with Crippen molar-refractivity contribution in [1.29, 1.82) is 0 Å². The topological polar surface area (TPSA) is 108 Å². The van der Waals surface area contributed by atoms with Crippen LogP contribution in [-0.4, -0.2) is 61.7 Å². The van der Waals surface area contributed by atoms with E-state index < -0.39 is 35.3 Å². The molecule has 37 heavy (non-hydrogen) atoms. The molecule has 0 saturated heterocycles. The molecule has 2 aromatic rings. The minimum Gasteiger partial charge on any atom is -0.497 e. The van der Waals surface area contributed by atoms with Crippen molar-refractivity contribution in [2.45, 2.75) is 38.6 Å². The highest BCUT2D eigenvalue weighted by Gasteiger charge is 2.68. The molecule has 0 fully saturated rings. The molecule has 0 bridgehead atoms. The van der Waals surface area contributed by atoms with Crippen LogP contribution in [0.25, 0.3) is 0 Å². The van der Waals surface area contributed by atoms with Gasteiger partial charge in [0.05, 0.1) is 38.9 Å². The molecule has 1 unspecified atom stereocenters. The highest BCUT2D eigenvalue weighted by molar-refractivity contribution is 6.13. The molecule has 0 aromatic heterocycles. The average molecular weight is 510 g/mol. The lowest BCUT2D eigenvalue weighted by Crippen LogP contribution is -2.63. The van der Waals surface area contributed by atoms with E-state index >= 15 is 0 Å². The Kier molecular flexibility index (Phi) is 8.70. The van der Waals surface area contributed by atoms with Crippen molar-refractivity contribution in [2.75, 3.05) is 27.4 Å². The van der Waals surface area contributed by atoms with Crippen LogP contribution in [0.4, 0.5) is 0 Å².